The number of hydrogen-bond acceptors (Lipinski definition) is 5. The van der Waals surface area contributed by atoms with Gasteiger partial charge in [-0.2, -0.15) is 0 Å². The monoisotopic (exact) mass is 316 g/mol. The largest absolute Gasteiger partial charge is 0.332 e. The summed E-state index contributed by atoms with van der Waals surface area (Å²) in [5.41, 5.74) is 9.54. The van der Waals surface area contributed by atoms with Gasteiger partial charge in [-0.15, -0.1) is 11.8 Å². The number of thioether (sulfide) groups is 1. The van der Waals surface area contributed by atoms with E-state index in [1.165, 1.54) is 0 Å². The summed E-state index contributed by atoms with van der Waals surface area (Å²) in [5, 5.41) is 2.99. The minimum Gasteiger partial charge on any atom is -0.332 e. The van der Waals surface area contributed by atoms with Crippen LogP contribution in [0.25, 0.3) is 0 Å². The molecule has 3 N–H and O–H groups in total. The van der Waals surface area contributed by atoms with E-state index in [1.807, 2.05) is 50.4 Å². The SMILES string of the molecule is Cc1ccc(C)c(NC(=O)CSC2NNC3C=CC=CN32)c1. The van der Waals surface area contributed by atoms with Crippen molar-refractivity contribution in [3.05, 3.63) is 53.8 Å². The Labute approximate surface area is 134 Å². The molecule has 2 aliphatic rings. The summed E-state index contributed by atoms with van der Waals surface area (Å²) in [6.07, 6.45) is 8.26. The molecule has 1 fully saturated rings. The lowest BCUT2D eigenvalue weighted by molar-refractivity contribution is -0.113. The molecule has 0 spiro atoms. The first kappa shape index (κ1) is 15.1. The highest BCUT2D eigenvalue weighted by molar-refractivity contribution is 8.00. The average molecular weight is 316 g/mol. The molecule has 2 heterocycles. The first-order chi connectivity index (χ1) is 10.6. The second-order valence-corrected chi connectivity index (χ2v) is 6.51. The lowest BCUT2D eigenvalue weighted by Crippen LogP contribution is -2.33. The van der Waals surface area contributed by atoms with Crippen LogP contribution in [0.3, 0.4) is 0 Å². The smallest absolute Gasteiger partial charge is 0.234 e. The van der Waals surface area contributed by atoms with Gasteiger partial charge >= 0.3 is 0 Å². The predicted molar refractivity (Wildman–Crippen MR) is 91.0 cm³/mol. The Morgan fingerprint density at radius 2 is 2.18 bits per heavy atom. The van der Waals surface area contributed by atoms with Crippen molar-refractivity contribution in [2.24, 2.45) is 0 Å². The summed E-state index contributed by atoms with van der Waals surface area (Å²) in [5.74, 6) is 0.411. The van der Waals surface area contributed by atoms with Crippen LogP contribution < -0.4 is 16.2 Å². The van der Waals surface area contributed by atoms with Gasteiger partial charge in [-0.1, -0.05) is 18.2 Å². The number of amides is 1. The fourth-order valence-corrected chi connectivity index (χ4v) is 3.33. The third-order valence-corrected chi connectivity index (χ3v) is 4.75. The summed E-state index contributed by atoms with van der Waals surface area (Å²) in [6.45, 7) is 4.02. The minimum absolute atomic E-state index is 0.0143. The van der Waals surface area contributed by atoms with Gasteiger partial charge in [0.05, 0.1) is 5.75 Å². The van der Waals surface area contributed by atoms with E-state index in [2.05, 4.69) is 27.1 Å². The number of nitrogens with zero attached hydrogens (tertiary/aromatic N) is 1. The molecule has 3 rings (SSSR count). The normalized spacial score (nSPS) is 22.7. The molecule has 0 aliphatic carbocycles. The summed E-state index contributed by atoms with van der Waals surface area (Å²) in [4.78, 5) is 14.3. The molecule has 2 atom stereocenters. The second kappa shape index (κ2) is 6.56. The van der Waals surface area contributed by atoms with Crippen LogP contribution in [0.5, 0.6) is 0 Å². The van der Waals surface area contributed by atoms with Crippen LogP contribution in [0.2, 0.25) is 0 Å². The van der Waals surface area contributed by atoms with Crippen LogP contribution in [-0.2, 0) is 4.79 Å². The van der Waals surface area contributed by atoms with Crippen molar-refractivity contribution in [3.8, 4) is 0 Å². The molecule has 0 aromatic heterocycles. The van der Waals surface area contributed by atoms with Gasteiger partial charge in [-0.3, -0.25) is 4.79 Å². The highest BCUT2D eigenvalue weighted by Gasteiger charge is 2.30. The summed E-state index contributed by atoms with van der Waals surface area (Å²) >= 11 is 1.56. The number of hydrogen-bond donors (Lipinski definition) is 3. The second-order valence-electron chi connectivity index (χ2n) is 5.44. The molecular weight excluding hydrogens is 296 g/mol. The van der Waals surface area contributed by atoms with E-state index in [4.69, 9.17) is 0 Å². The number of rotatable bonds is 4. The molecule has 0 saturated carbocycles. The zero-order chi connectivity index (χ0) is 15.5. The summed E-state index contributed by atoms with van der Waals surface area (Å²) in [7, 11) is 0. The fraction of sp³-hybridized carbons (Fsp3) is 0.312. The van der Waals surface area contributed by atoms with Gasteiger partial charge < -0.3 is 10.2 Å². The molecule has 22 heavy (non-hydrogen) atoms. The number of allylic oxidation sites excluding steroid dienone is 2. The van der Waals surface area contributed by atoms with Gasteiger partial charge in [0.15, 0.2) is 0 Å². The summed E-state index contributed by atoms with van der Waals surface area (Å²) in [6, 6.07) is 6.07. The Morgan fingerprint density at radius 3 is 3.05 bits per heavy atom. The van der Waals surface area contributed by atoms with Crippen LogP contribution in [0, 0.1) is 13.8 Å². The number of carbonyl (C=O) groups is 1. The predicted octanol–water partition coefficient (Wildman–Crippen LogP) is 2.08. The molecule has 2 aliphatic heterocycles. The van der Waals surface area contributed by atoms with E-state index in [1.54, 1.807) is 11.8 Å². The number of nitrogens with one attached hydrogen (secondary N) is 3. The highest BCUT2D eigenvalue weighted by atomic mass is 32.2. The lowest BCUT2D eigenvalue weighted by Gasteiger charge is -2.25. The molecule has 5 nitrogen and oxygen atoms in total. The van der Waals surface area contributed by atoms with Gasteiger partial charge in [0.1, 0.15) is 11.7 Å². The van der Waals surface area contributed by atoms with Gasteiger partial charge in [-0.05, 0) is 43.2 Å². The number of benzene rings is 1. The van der Waals surface area contributed by atoms with Crippen LogP contribution >= 0.6 is 11.8 Å². The van der Waals surface area contributed by atoms with Crippen molar-refractivity contribution >= 4 is 23.4 Å². The van der Waals surface area contributed by atoms with Crippen molar-refractivity contribution in [1.82, 2.24) is 15.8 Å². The Hall–Kier alpha value is -1.76. The minimum atomic E-state index is 0.0143. The zero-order valence-corrected chi connectivity index (χ0v) is 13.5. The molecule has 0 radical (unpaired) electrons. The lowest BCUT2D eigenvalue weighted by atomic mass is 10.1. The van der Waals surface area contributed by atoms with Crippen molar-refractivity contribution < 1.29 is 4.79 Å². The first-order valence-corrected chi connectivity index (χ1v) is 8.30. The maximum Gasteiger partial charge on any atom is 0.234 e. The molecular formula is C16H20N4OS. The number of aryl methyl sites for hydroxylation is 2. The Kier molecular flexibility index (Phi) is 4.52. The standard InChI is InChI=1S/C16H20N4OS/c1-11-6-7-12(2)13(9-11)17-15(21)10-22-16-19-18-14-5-3-4-8-20(14)16/h3-9,14,16,18-19H,10H2,1-2H3,(H,17,21). The zero-order valence-electron chi connectivity index (χ0n) is 12.7. The van der Waals surface area contributed by atoms with Gasteiger partial charge in [0.25, 0.3) is 0 Å². The average Bonchev–Trinajstić information content (AvgIpc) is 2.92. The number of anilines is 1. The maximum absolute atomic E-state index is 12.2. The first-order valence-electron chi connectivity index (χ1n) is 7.26. The molecule has 0 bridgehead atoms. The van der Waals surface area contributed by atoms with Gasteiger partial charge in [-0.25, -0.2) is 10.9 Å². The molecule has 1 amide bonds. The molecule has 1 aromatic carbocycles. The van der Waals surface area contributed by atoms with Crippen LogP contribution in [0.1, 0.15) is 11.1 Å². The summed E-state index contributed by atoms with van der Waals surface area (Å²) < 4.78 is 0. The third kappa shape index (κ3) is 3.35. The Balaban J connectivity index is 1.53. The molecule has 116 valence electrons. The number of fused-ring (bicyclic) bond motifs is 1. The number of carbonyl (C=O) groups excluding carboxylic acids is 1. The van der Waals surface area contributed by atoms with E-state index in [0.29, 0.717) is 5.75 Å². The molecule has 6 heteroatoms. The topological polar surface area (TPSA) is 56.4 Å². The van der Waals surface area contributed by atoms with Crippen molar-refractivity contribution in [2.45, 2.75) is 25.5 Å². The van der Waals surface area contributed by atoms with Gasteiger partial charge in [0.2, 0.25) is 5.91 Å². The molecule has 1 aromatic rings. The quantitative estimate of drug-likeness (QED) is 0.794. The van der Waals surface area contributed by atoms with Crippen molar-refractivity contribution in [3.63, 3.8) is 0 Å². The highest BCUT2D eigenvalue weighted by Crippen LogP contribution is 2.23. The van der Waals surface area contributed by atoms with E-state index in [9.17, 15) is 4.79 Å². The van der Waals surface area contributed by atoms with E-state index >= 15 is 0 Å². The van der Waals surface area contributed by atoms with Gasteiger partial charge in [0, 0.05) is 11.9 Å². The van der Waals surface area contributed by atoms with Crippen LogP contribution in [0.15, 0.2) is 42.6 Å². The number of hydrazine groups is 1. The Bertz CT molecular complexity index is 629. The van der Waals surface area contributed by atoms with E-state index in [-0.39, 0.29) is 17.6 Å². The Morgan fingerprint density at radius 1 is 1.32 bits per heavy atom. The van der Waals surface area contributed by atoms with Crippen LogP contribution in [0.4, 0.5) is 5.69 Å². The molecule has 2 unspecified atom stereocenters. The van der Waals surface area contributed by atoms with Crippen molar-refractivity contribution in [1.29, 1.82) is 0 Å². The van der Waals surface area contributed by atoms with Crippen LogP contribution in [-0.4, -0.2) is 28.2 Å². The van der Waals surface area contributed by atoms with E-state index < -0.39 is 0 Å². The fourth-order valence-electron chi connectivity index (χ4n) is 2.43. The van der Waals surface area contributed by atoms with E-state index in [0.717, 1.165) is 16.8 Å². The van der Waals surface area contributed by atoms with Crippen molar-refractivity contribution in [2.75, 3.05) is 11.1 Å². The maximum atomic E-state index is 12.2. The third-order valence-electron chi connectivity index (χ3n) is 3.65. The molecule has 1 saturated heterocycles.